The fourth-order valence-electron chi connectivity index (χ4n) is 3.31. The minimum atomic E-state index is -0.0425. The average molecular weight is 403 g/mol. The molecular formula is C23H25N5O2. The van der Waals surface area contributed by atoms with Gasteiger partial charge in [0.05, 0.1) is 19.6 Å². The summed E-state index contributed by atoms with van der Waals surface area (Å²) in [5.74, 6) is 1.41. The van der Waals surface area contributed by atoms with Crippen molar-refractivity contribution in [2.24, 2.45) is 0 Å². The van der Waals surface area contributed by atoms with Gasteiger partial charge in [-0.25, -0.2) is 4.98 Å². The number of nitrogens with one attached hydrogen (secondary N) is 2. The third kappa shape index (κ3) is 5.33. The van der Waals surface area contributed by atoms with Crippen LogP contribution in [0.15, 0.2) is 60.7 Å². The number of carbonyl (C=O) groups is 1. The lowest BCUT2D eigenvalue weighted by atomic mass is 10.1. The summed E-state index contributed by atoms with van der Waals surface area (Å²) in [6.45, 7) is 5.04. The van der Waals surface area contributed by atoms with Gasteiger partial charge in [0.15, 0.2) is 0 Å². The van der Waals surface area contributed by atoms with E-state index in [-0.39, 0.29) is 5.91 Å². The highest BCUT2D eigenvalue weighted by atomic mass is 16.5. The number of carbonyl (C=O) groups excluding carboxylic acids is 1. The maximum atomic E-state index is 12.2. The number of morpholine rings is 1. The van der Waals surface area contributed by atoms with E-state index in [9.17, 15) is 4.79 Å². The molecule has 1 aliphatic rings. The fraction of sp³-hybridized carbons (Fsp3) is 0.261. The van der Waals surface area contributed by atoms with E-state index in [4.69, 9.17) is 4.74 Å². The normalized spacial score (nSPS) is 13.7. The van der Waals surface area contributed by atoms with Crippen molar-refractivity contribution in [3.63, 3.8) is 0 Å². The highest BCUT2D eigenvalue weighted by Crippen LogP contribution is 2.20. The van der Waals surface area contributed by atoms with E-state index in [0.717, 1.165) is 41.5 Å². The van der Waals surface area contributed by atoms with Crippen LogP contribution in [0.2, 0.25) is 0 Å². The highest BCUT2D eigenvalue weighted by Gasteiger charge is 2.14. The Kier molecular flexibility index (Phi) is 6.20. The van der Waals surface area contributed by atoms with Crippen molar-refractivity contribution >= 4 is 29.0 Å². The first kappa shape index (κ1) is 19.8. The Bertz CT molecular complexity index is 986. The molecule has 30 heavy (non-hydrogen) atoms. The Morgan fingerprint density at radius 3 is 2.43 bits per heavy atom. The number of anilines is 4. The summed E-state index contributed by atoms with van der Waals surface area (Å²) in [6, 6.07) is 19.2. The van der Waals surface area contributed by atoms with Gasteiger partial charge in [-0.05, 0) is 36.8 Å². The van der Waals surface area contributed by atoms with Gasteiger partial charge in [0.25, 0.3) is 0 Å². The third-order valence-corrected chi connectivity index (χ3v) is 4.81. The topological polar surface area (TPSA) is 79.4 Å². The molecule has 1 aliphatic heterocycles. The number of hydrogen-bond acceptors (Lipinski definition) is 6. The molecule has 154 valence electrons. The molecule has 1 fully saturated rings. The van der Waals surface area contributed by atoms with Crippen molar-refractivity contribution in [2.75, 3.05) is 41.8 Å². The Morgan fingerprint density at radius 2 is 1.70 bits per heavy atom. The number of amides is 1. The second-order valence-electron chi connectivity index (χ2n) is 7.20. The molecule has 0 bridgehead atoms. The van der Waals surface area contributed by atoms with Gasteiger partial charge in [0.1, 0.15) is 5.82 Å². The first-order valence-electron chi connectivity index (χ1n) is 10.0. The molecule has 2 aromatic carbocycles. The summed E-state index contributed by atoms with van der Waals surface area (Å²) in [4.78, 5) is 23.6. The summed E-state index contributed by atoms with van der Waals surface area (Å²) in [6.07, 6.45) is 0.349. The number of hydrogen-bond donors (Lipinski definition) is 2. The lowest BCUT2D eigenvalue weighted by Crippen LogP contribution is -2.36. The van der Waals surface area contributed by atoms with Crippen molar-refractivity contribution in [1.29, 1.82) is 0 Å². The van der Waals surface area contributed by atoms with Crippen LogP contribution in [-0.4, -0.2) is 42.2 Å². The monoisotopic (exact) mass is 403 g/mol. The lowest BCUT2D eigenvalue weighted by Gasteiger charge is -2.28. The summed E-state index contributed by atoms with van der Waals surface area (Å²) in [7, 11) is 0. The van der Waals surface area contributed by atoms with E-state index in [0.29, 0.717) is 25.6 Å². The van der Waals surface area contributed by atoms with Crippen LogP contribution in [0.5, 0.6) is 0 Å². The molecule has 0 unspecified atom stereocenters. The van der Waals surface area contributed by atoms with Crippen LogP contribution in [0.1, 0.15) is 11.3 Å². The van der Waals surface area contributed by atoms with Gasteiger partial charge in [-0.3, -0.25) is 4.79 Å². The molecule has 0 aliphatic carbocycles. The van der Waals surface area contributed by atoms with Gasteiger partial charge in [0.2, 0.25) is 11.9 Å². The van der Waals surface area contributed by atoms with Gasteiger partial charge in [-0.1, -0.05) is 30.3 Å². The Hall–Kier alpha value is -3.45. The van der Waals surface area contributed by atoms with E-state index in [1.807, 2.05) is 67.6 Å². The Labute approximate surface area is 176 Å². The van der Waals surface area contributed by atoms with E-state index in [1.165, 1.54) is 0 Å². The summed E-state index contributed by atoms with van der Waals surface area (Å²) >= 11 is 0. The molecule has 0 atom stereocenters. The minimum absolute atomic E-state index is 0.0425. The summed E-state index contributed by atoms with van der Waals surface area (Å²) in [5, 5.41) is 6.18. The van der Waals surface area contributed by atoms with Gasteiger partial charge in [-0.2, -0.15) is 4.98 Å². The molecular weight excluding hydrogens is 378 g/mol. The van der Waals surface area contributed by atoms with Gasteiger partial charge >= 0.3 is 0 Å². The van der Waals surface area contributed by atoms with Crippen LogP contribution in [0.4, 0.5) is 23.1 Å². The predicted octanol–water partition coefficient (Wildman–Crippen LogP) is 3.55. The maximum Gasteiger partial charge on any atom is 0.229 e. The van der Waals surface area contributed by atoms with Crippen molar-refractivity contribution < 1.29 is 9.53 Å². The zero-order valence-electron chi connectivity index (χ0n) is 17.0. The number of aryl methyl sites for hydroxylation is 1. The molecule has 2 heterocycles. The molecule has 0 spiro atoms. The van der Waals surface area contributed by atoms with E-state index >= 15 is 0 Å². The lowest BCUT2D eigenvalue weighted by molar-refractivity contribution is -0.115. The molecule has 2 N–H and O–H groups in total. The maximum absolute atomic E-state index is 12.2. The first-order chi connectivity index (χ1) is 14.7. The quantitative estimate of drug-likeness (QED) is 0.655. The average Bonchev–Trinajstić information content (AvgIpc) is 2.76. The van der Waals surface area contributed by atoms with Crippen LogP contribution in [-0.2, 0) is 16.0 Å². The molecule has 7 heteroatoms. The largest absolute Gasteiger partial charge is 0.378 e. The predicted molar refractivity (Wildman–Crippen MR) is 118 cm³/mol. The molecule has 1 aromatic heterocycles. The Morgan fingerprint density at radius 1 is 1.00 bits per heavy atom. The van der Waals surface area contributed by atoms with Gasteiger partial charge < -0.3 is 20.3 Å². The van der Waals surface area contributed by atoms with Crippen LogP contribution in [0.3, 0.4) is 0 Å². The van der Waals surface area contributed by atoms with Gasteiger partial charge in [-0.15, -0.1) is 0 Å². The van der Waals surface area contributed by atoms with Crippen molar-refractivity contribution in [3.05, 3.63) is 71.9 Å². The number of rotatable bonds is 6. The number of benzene rings is 2. The van der Waals surface area contributed by atoms with E-state index < -0.39 is 0 Å². The number of nitrogens with zero attached hydrogens (tertiary/aromatic N) is 3. The number of ether oxygens (including phenoxy) is 1. The van der Waals surface area contributed by atoms with Gasteiger partial charge in [0, 0.05) is 36.2 Å². The number of aromatic nitrogens is 2. The molecule has 1 amide bonds. The van der Waals surface area contributed by atoms with Crippen LogP contribution in [0, 0.1) is 6.92 Å². The zero-order valence-corrected chi connectivity index (χ0v) is 17.0. The van der Waals surface area contributed by atoms with Crippen molar-refractivity contribution in [3.8, 4) is 0 Å². The second-order valence-corrected chi connectivity index (χ2v) is 7.20. The van der Waals surface area contributed by atoms with E-state index in [2.05, 4.69) is 25.5 Å². The highest BCUT2D eigenvalue weighted by molar-refractivity contribution is 5.92. The Balaban J connectivity index is 1.38. The molecule has 1 saturated heterocycles. The fourth-order valence-corrected chi connectivity index (χ4v) is 3.31. The summed E-state index contributed by atoms with van der Waals surface area (Å²) < 4.78 is 5.42. The molecule has 0 radical (unpaired) electrons. The SMILES string of the molecule is Cc1cc(N2CCOCC2)nc(Nc2ccc(NC(=O)Cc3ccccc3)cc2)n1. The summed E-state index contributed by atoms with van der Waals surface area (Å²) in [5.41, 5.74) is 3.50. The molecule has 7 nitrogen and oxygen atoms in total. The second kappa shape index (κ2) is 9.37. The minimum Gasteiger partial charge on any atom is -0.378 e. The standard InChI is InChI=1S/C23H25N5O2/c1-17-15-21(28-11-13-30-14-12-28)27-23(24-17)26-20-9-7-19(8-10-20)25-22(29)16-18-5-3-2-4-6-18/h2-10,15H,11-14,16H2,1H3,(H,25,29)(H,24,26,27). The first-order valence-corrected chi connectivity index (χ1v) is 10.0. The zero-order chi connectivity index (χ0) is 20.8. The smallest absolute Gasteiger partial charge is 0.229 e. The van der Waals surface area contributed by atoms with Crippen molar-refractivity contribution in [2.45, 2.75) is 13.3 Å². The molecule has 0 saturated carbocycles. The molecule has 3 aromatic rings. The molecule has 4 rings (SSSR count). The van der Waals surface area contributed by atoms with Crippen LogP contribution < -0.4 is 15.5 Å². The van der Waals surface area contributed by atoms with E-state index in [1.54, 1.807) is 0 Å². The van der Waals surface area contributed by atoms with Crippen LogP contribution >= 0.6 is 0 Å². The van der Waals surface area contributed by atoms with Crippen molar-refractivity contribution in [1.82, 2.24) is 9.97 Å². The third-order valence-electron chi connectivity index (χ3n) is 4.81. The van der Waals surface area contributed by atoms with Crippen LogP contribution in [0.25, 0.3) is 0 Å².